The van der Waals surface area contributed by atoms with Crippen molar-refractivity contribution in [3.63, 3.8) is 0 Å². The maximum atomic E-state index is 13.7. The maximum absolute atomic E-state index is 13.7. The van der Waals surface area contributed by atoms with Crippen LogP contribution < -0.4 is 10.5 Å². The zero-order valence-electron chi connectivity index (χ0n) is 10.5. The summed E-state index contributed by atoms with van der Waals surface area (Å²) in [5, 5.41) is 16.3. The number of nitrogens with one attached hydrogen (secondary N) is 1. The van der Waals surface area contributed by atoms with Gasteiger partial charge in [0.2, 0.25) is 10.0 Å². The molecule has 1 aromatic carbocycles. The molecule has 1 aromatic rings. The quantitative estimate of drug-likeness (QED) is 0.753. The van der Waals surface area contributed by atoms with Gasteiger partial charge < -0.3 is 10.4 Å². The van der Waals surface area contributed by atoms with Gasteiger partial charge in [-0.2, -0.15) is 0 Å². The molecule has 0 fully saturated rings. The van der Waals surface area contributed by atoms with Gasteiger partial charge in [-0.1, -0.05) is 0 Å². The van der Waals surface area contributed by atoms with Crippen LogP contribution in [0.5, 0.6) is 0 Å². The Morgan fingerprint density at radius 1 is 1.47 bits per heavy atom. The minimum absolute atomic E-state index is 0.0126. The number of sulfonamides is 1. The lowest BCUT2D eigenvalue weighted by atomic mass is 10.0. The number of anilines is 1. The first kappa shape index (κ1) is 15.4. The summed E-state index contributed by atoms with van der Waals surface area (Å²) in [5.41, 5.74) is -0.867. The third-order valence-electron chi connectivity index (χ3n) is 2.34. The molecule has 1 rings (SSSR count). The Labute approximate surface area is 110 Å². The molecule has 19 heavy (non-hydrogen) atoms. The van der Waals surface area contributed by atoms with E-state index in [9.17, 15) is 17.6 Å². The molecule has 8 heteroatoms. The minimum atomic E-state index is -3.97. The summed E-state index contributed by atoms with van der Waals surface area (Å²) in [4.78, 5) is 10.3. The summed E-state index contributed by atoms with van der Waals surface area (Å²) in [5.74, 6) is -1.84. The van der Waals surface area contributed by atoms with Crippen LogP contribution >= 0.6 is 0 Å². The molecule has 0 aliphatic rings. The summed E-state index contributed by atoms with van der Waals surface area (Å²) in [6.45, 7) is 3.18. The summed E-state index contributed by atoms with van der Waals surface area (Å²) in [6, 6.07) is 3.14. The number of hydrogen-bond acceptors (Lipinski definition) is 4. The van der Waals surface area contributed by atoms with Crippen LogP contribution in [0.15, 0.2) is 23.1 Å². The average molecular weight is 290 g/mol. The van der Waals surface area contributed by atoms with Gasteiger partial charge in [-0.3, -0.25) is 4.79 Å². The number of halogens is 1. The zero-order valence-corrected chi connectivity index (χ0v) is 11.3. The smallest absolute Gasteiger partial charge is 0.305 e. The molecule has 0 heterocycles. The molecule has 0 spiro atoms. The van der Waals surface area contributed by atoms with Gasteiger partial charge in [0.25, 0.3) is 0 Å². The second-order valence-electron chi connectivity index (χ2n) is 4.77. The van der Waals surface area contributed by atoms with Gasteiger partial charge in [0.05, 0.1) is 17.0 Å². The highest BCUT2D eigenvalue weighted by molar-refractivity contribution is 7.89. The van der Waals surface area contributed by atoms with Crippen molar-refractivity contribution in [1.82, 2.24) is 0 Å². The van der Waals surface area contributed by atoms with Crippen molar-refractivity contribution in [2.24, 2.45) is 5.14 Å². The van der Waals surface area contributed by atoms with E-state index in [1.54, 1.807) is 13.8 Å². The molecule has 0 saturated carbocycles. The Morgan fingerprint density at radius 2 is 2.05 bits per heavy atom. The van der Waals surface area contributed by atoms with Gasteiger partial charge >= 0.3 is 5.97 Å². The highest BCUT2D eigenvalue weighted by Gasteiger charge is 2.23. The molecule has 0 saturated heterocycles. The Kier molecular flexibility index (Phi) is 4.16. The number of hydrogen-bond donors (Lipinski definition) is 3. The van der Waals surface area contributed by atoms with Gasteiger partial charge in [-0.25, -0.2) is 17.9 Å². The summed E-state index contributed by atoms with van der Waals surface area (Å²) >= 11 is 0. The van der Waals surface area contributed by atoms with Crippen LogP contribution in [-0.4, -0.2) is 25.0 Å². The Bertz CT molecular complexity index is 599. The van der Waals surface area contributed by atoms with Crippen molar-refractivity contribution in [2.45, 2.75) is 30.7 Å². The van der Waals surface area contributed by atoms with Gasteiger partial charge in [-0.15, -0.1) is 0 Å². The zero-order chi connectivity index (χ0) is 14.8. The fourth-order valence-corrected chi connectivity index (χ4v) is 2.09. The van der Waals surface area contributed by atoms with Gasteiger partial charge in [0.15, 0.2) is 0 Å². The molecule has 106 valence electrons. The number of carboxylic acids is 1. The number of nitrogens with two attached hydrogens (primary N) is 1. The van der Waals surface area contributed by atoms with E-state index in [0.29, 0.717) is 0 Å². The van der Waals surface area contributed by atoms with Crippen molar-refractivity contribution < 1.29 is 22.7 Å². The standard InChI is InChI=1S/C11H15FN2O4S/c1-11(2,6-10(15)16)14-9-4-3-7(5-8(9)12)19(13,17)18/h3-5,14H,6H2,1-2H3,(H,15,16)(H2,13,17,18). The number of aliphatic carboxylic acids is 1. The normalized spacial score (nSPS) is 12.2. The first-order valence-electron chi connectivity index (χ1n) is 5.34. The van der Waals surface area contributed by atoms with Crippen LogP contribution in [0.4, 0.5) is 10.1 Å². The van der Waals surface area contributed by atoms with Crippen molar-refractivity contribution in [3.8, 4) is 0 Å². The van der Waals surface area contributed by atoms with E-state index >= 15 is 0 Å². The van der Waals surface area contributed by atoms with Gasteiger partial charge in [0.1, 0.15) is 5.82 Å². The second-order valence-corrected chi connectivity index (χ2v) is 6.33. The first-order valence-corrected chi connectivity index (χ1v) is 6.88. The predicted octanol–water partition coefficient (Wildman–Crippen LogP) is 1.14. The number of rotatable bonds is 5. The number of primary sulfonamides is 1. The van der Waals surface area contributed by atoms with E-state index in [2.05, 4.69) is 5.32 Å². The first-order chi connectivity index (χ1) is 8.51. The van der Waals surface area contributed by atoms with Crippen LogP contribution in [0, 0.1) is 5.82 Å². The maximum Gasteiger partial charge on any atom is 0.305 e. The lowest BCUT2D eigenvalue weighted by Crippen LogP contribution is -2.34. The van der Waals surface area contributed by atoms with E-state index in [-0.39, 0.29) is 17.0 Å². The monoisotopic (exact) mass is 290 g/mol. The molecule has 0 aromatic heterocycles. The Morgan fingerprint density at radius 3 is 2.47 bits per heavy atom. The van der Waals surface area contributed by atoms with Crippen molar-refractivity contribution >= 4 is 21.7 Å². The highest BCUT2D eigenvalue weighted by Crippen LogP contribution is 2.23. The van der Waals surface area contributed by atoms with Gasteiger partial charge in [0, 0.05) is 5.54 Å². The van der Waals surface area contributed by atoms with E-state index in [1.807, 2.05) is 0 Å². The van der Waals surface area contributed by atoms with E-state index in [0.717, 1.165) is 12.1 Å². The Hall–Kier alpha value is -1.67. The van der Waals surface area contributed by atoms with Crippen molar-refractivity contribution in [2.75, 3.05) is 5.32 Å². The van der Waals surface area contributed by atoms with Crippen molar-refractivity contribution in [1.29, 1.82) is 0 Å². The van der Waals surface area contributed by atoms with Crippen LogP contribution in [-0.2, 0) is 14.8 Å². The molecule has 0 aliphatic carbocycles. The largest absolute Gasteiger partial charge is 0.481 e. The highest BCUT2D eigenvalue weighted by atomic mass is 32.2. The van der Waals surface area contributed by atoms with Crippen LogP contribution in [0.3, 0.4) is 0 Å². The fourth-order valence-electron chi connectivity index (χ4n) is 1.56. The molecule has 6 nitrogen and oxygen atoms in total. The SMILES string of the molecule is CC(C)(CC(=O)O)Nc1ccc(S(N)(=O)=O)cc1F. The minimum Gasteiger partial charge on any atom is -0.481 e. The summed E-state index contributed by atoms with van der Waals surface area (Å²) in [7, 11) is -3.97. The molecular formula is C11H15FN2O4S. The molecule has 0 aliphatic heterocycles. The molecular weight excluding hydrogens is 275 g/mol. The fraction of sp³-hybridized carbons (Fsp3) is 0.364. The van der Waals surface area contributed by atoms with Gasteiger partial charge in [-0.05, 0) is 32.0 Å². The lowest BCUT2D eigenvalue weighted by molar-refractivity contribution is -0.137. The molecule has 0 radical (unpaired) electrons. The Balaban J connectivity index is 3.02. The second kappa shape index (κ2) is 5.14. The third kappa shape index (κ3) is 4.49. The van der Waals surface area contributed by atoms with Crippen LogP contribution in [0.25, 0.3) is 0 Å². The van der Waals surface area contributed by atoms with E-state index < -0.39 is 27.3 Å². The van der Waals surface area contributed by atoms with Crippen molar-refractivity contribution in [3.05, 3.63) is 24.0 Å². The van der Waals surface area contributed by atoms with Crippen LogP contribution in [0.1, 0.15) is 20.3 Å². The number of carboxylic acid groups (broad SMARTS) is 1. The van der Waals surface area contributed by atoms with E-state index in [1.165, 1.54) is 6.07 Å². The third-order valence-corrected chi connectivity index (χ3v) is 3.25. The molecule has 4 N–H and O–H groups in total. The topological polar surface area (TPSA) is 109 Å². The molecule has 0 bridgehead atoms. The molecule has 0 amide bonds. The lowest BCUT2D eigenvalue weighted by Gasteiger charge is -2.26. The summed E-state index contributed by atoms with van der Waals surface area (Å²) < 4.78 is 35.8. The van der Waals surface area contributed by atoms with E-state index in [4.69, 9.17) is 10.2 Å². The average Bonchev–Trinajstić information content (AvgIpc) is 2.16. The molecule has 0 unspecified atom stereocenters. The number of benzene rings is 1. The number of carbonyl (C=O) groups is 1. The molecule has 0 atom stereocenters. The van der Waals surface area contributed by atoms with Crippen LogP contribution in [0.2, 0.25) is 0 Å². The predicted molar refractivity (Wildman–Crippen MR) is 67.7 cm³/mol. The summed E-state index contributed by atoms with van der Waals surface area (Å²) in [6.07, 6.45) is -0.219.